The van der Waals surface area contributed by atoms with E-state index in [2.05, 4.69) is 15.3 Å². The van der Waals surface area contributed by atoms with Gasteiger partial charge in [-0.15, -0.1) is 0 Å². The Balaban J connectivity index is 2.55. The van der Waals surface area contributed by atoms with E-state index in [9.17, 15) is 4.79 Å². The molecule has 1 aliphatic rings. The normalized spacial score (nSPS) is 27.5. The van der Waals surface area contributed by atoms with Crippen LogP contribution in [0.15, 0.2) is 5.11 Å². The third kappa shape index (κ3) is 2.95. The highest BCUT2D eigenvalue weighted by Crippen LogP contribution is 2.21. The van der Waals surface area contributed by atoms with Crippen LogP contribution in [-0.4, -0.2) is 18.0 Å². The fourth-order valence-electron chi connectivity index (χ4n) is 1.75. The highest BCUT2D eigenvalue weighted by Gasteiger charge is 2.24. The van der Waals surface area contributed by atoms with Gasteiger partial charge in [0.05, 0.1) is 6.04 Å². The predicted octanol–water partition coefficient (Wildman–Crippen LogP) is 1.74. The Kier molecular flexibility index (Phi) is 3.58. The molecule has 0 aliphatic heterocycles. The summed E-state index contributed by atoms with van der Waals surface area (Å²) in [5.74, 6) is -0.0509. The Morgan fingerprint density at radius 1 is 1.54 bits per heavy atom. The van der Waals surface area contributed by atoms with Crippen LogP contribution in [0.1, 0.15) is 32.6 Å². The maximum Gasteiger partial charge on any atom is 0.217 e. The molecule has 1 fully saturated rings. The Labute approximate surface area is 77.1 Å². The van der Waals surface area contributed by atoms with Crippen LogP contribution in [0.5, 0.6) is 0 Å². The number of carbonyl (C=O) groups excluding carboxylic acids is 1. The molecule has 1 aliphatic carbocycles. The summed E-state index contributed by atoms with van der Waals surface area (Å²) < 4.78 is 0. The third-order valence-corrected chi connectivity index (χ3v) is 2.32. The standard InChI is InChI=1S/C8H14N4O/c1-6(13)10-7-4-2-3-5-8(7)11-12-9/h7-8H,2-5H2,1H3,(H,10,13)/t7-,8+/m0/s1. The first-order valence-electron chi connectivity index (χ1n) is 4.55. The summed E-state index contributed by atoms with van der Waals surface area (Å²) >= 11 is 0. The van der Waals surface area contributed by atoms with Gasteiger partial charge in [0, 0.05) is 17.9 Å². The second-order valence-corrected chi connectivity index (χ2v) is 3.36. The van der Waals surface area contributed by atoms with E-state index in [4.69, 9.17) is 5.53 Å². The van der Waals surface area contributed by atoms with Crippen LogP contribution in [0, 0.1) is 0 Å². The number of nitrogens with one attached hydrogen (secondary N) is 1. The number of amides is 1. The third-order valence-electron chi connectivity index (χ3n) is 2.32. The largest absolute Gasteiger partial charge is 0.353 e. The molecule has 1 amide bonds. The molecule has 2 atom stereocenters. The Morgan fingerprint density at radius 3 is 2.85 bits per heavy atom. The summed E-state index contributed by atoms with van der Waals surface area (Å²) in [4.78, 5) is 13.6. The minimum Gasteiger partial charge on any atom is -0.353 e. The quantitative estimate of drug-likeness (QED) is 0.394. The number of carbonyl (C=O) groups is 1. The number of azide groups is 1. The first-order chi connectivity index (χ1) is 6.24. The topological polar surface area (TPSA) is 77.9 Å². The molecule has 0 aromatic carbocycles. The van der Waals surface area contributed by atoms with Crippen molar-refractivity contribution < 1.29 is 4.79 Å². The van der Waals surface area contributed by atoms with Crippen molar-refractivity contribution in [2.24, 2.45) is 5.11 Å². The highest BCUT2D eigenvalue weighted by atomic mass is 16.1. The molecule has 1 saturated carbocycles. The summed E-state index contributed by atoms with van der Waals surface area (Å²) in [6, 6.07) is -0.00944. The van der Waals surface area contributed by atoms with Gasteiger partial charge in [0.1, 0.15) is 0 Å². The van der Waals surface area contributed by atoms with Gasteiger partial charge < -0.3 is 5.32 Å². The maximum absolute atomic E-state index is 10.8. The number of hydrogen-bond acceptors (Lipinski definition) is 2. The zero-order valence-electron chi connectivity index (χ0n) is 7.73. The Morgan fingerprint density at radius 2 is 2.23 bits per heavy atom. The molecule has 72 valence electrons. The Hall–Kier alpha value is -1.22. The maximum atomic E-state index is 10.8. The van der Waals surface area contributed by atoms with Crippen LogP contribution in [-0.2, 0) is 4.79 Å². The zero-order valence-corrected chi connectivity index (χ0v) is 7.73. The van der Waals surface area contributed by atoms with E-state index in [0.717, 1.165) is 25.7 Å². The van der Waals surface area contributed by atoms with E-state index in [-0.39, 0.29) is 18.0 Å². The lowest BCUT2D eigenvalue weighted by atomic mass is 9.91. The van der Waals surface area contributed by atoms with Gasteiger partial charge >= 0.3 is 0 Å². The molecule has 0 spiro atoms. The molecule has 13 heavy (non-hydrogen) atoms. The second-order valence-electron chi connectivity index (χ2n) is 3.36. The molecule has 0 saturated heterocycles. The van der Waals surface area contributed by atoms with Crippen molar-refractivity contribution in [2.45, 2.75) is 44.7 Å². The number of hydrogen-bond donors (Lipinski definition) is 1. The summed E-state index contributed by atoms with van der Waals surface area (Å²) in [5, 5.41) is 6.50. The first kappa shape index (κ1) is 9.86. The number of rotatable bonds is 2. The van der Waals surface area contributed by atoms with Crippen molar-refractivity contribution in [3.8, 4) is 0 Å². The Bertz CT molecular complexity index is 234. The van der Waals surface area contributed by atoms with Gasteiger partial charge in [-0.3, -0.25) is 4.79 Å². The molecule has 5 nitrogen and oxygen atoms in total. The van der Waals surface area contributed by atoms with Crippen LogP contribution < -0.4 is 5.32 Å². The fourth-order valence-corrected chi connectivity index (χ4v) is 1.75. The van der Waals surface area contributed by atoms with Crippen molar-refractivity contribution in [3.05, 3.63) is 10.4 Å². The molecule has 0 aromatic heterocycles. The fraction of sp³-hybridized carbons (Fsp3) is 0.875. The van der Waals surface area contributed by atoms with E-state index in [1.165, 1.54) is 6.92 Å². The predicted molar refractivity (Wildman–Crippen MR) is 49.0 cm³/mol. The summed E-state index contributed by atoms with van der Waals surface area (Å²) in [5.41, 5.74) is 8.32. The molecular weight excluding hydrogens is 168 g/mol. The molecule has 0 radical (unpaired) electrons. The first-order valence-corrected chi connectivity index (χ1v) is 4.55. The van der Waals surface area contributed by atoms with E-state index in [1.807, 2.05) is 0 Å². The molecule has 1 N–H and O–H groups in total. The highest BCUT2D eigenvalue weighted by molar-refractivity contribution is 5.73. The smallest absolute Gasteiger partial charge is 0.217 e. The summed E-state index contributed by atoms with van der Waals surface area (Å²) in [7, 11) is 0. The lowest BCUT2D eigenvalue weighted by Crippen LogP contribution is -2.43. The number of nitrogens with zero attached hydrogens (tertiary/aromatic N) is 3. The van der Waals surface area contributed by atoms with Crippen molar-refractivity contribution in [1.29, 1.82) is 0 Å². The van der Waals surface area contributed by atoms with E-state index < -0.39 is 0 Å². The van der Waals surface area contributed by atoms with Crippen LogP contribution in [0.2, 0.25) is 0 Å². The van der Waals surface area contributed by atoms with Gasteiger partial charge in [-0.05, 0) is 18.4 Å². The van der Waals surface area contributed by atoms with Gasteiger partial charge in [-0.1, -0.05) is 18.0 Å². The summed E-state index contributed by atoms with van der Waals surface area (Å²) in [6.07, 6.45) is 3.99. The zero-order chi connectivity index (χ0) is 9.68. The van der Waals surface area contributed by atoms with E-state index in [0.29, 0.717) is 0 Å². The lowest BCUT2D eigenvalue weighted by Gasteiger charge is -2.28. The average Bonchev–Trinajstić information content (AvgIpc) is 2.08. The van der Waals surface area contributed by atoms with E-state index >= 15 is 0 Å². The van der Waals surface area contributed by atoms with Crippen LogP contribution >= 0.6 is 0 Å². The monoisotopic (exact) mass is 182 g/mol. The van der Waals surface area contributed by atoms with Crippen molar-refractivity contribution in [2.75, 3.05) is 0 Å². The van der Waals surface area contributed by atoms with Gasteiger partial charge in [0.15, 0.2) is 0 Å². The molecule has 1 rings (SSSR count). The molecule has 0 aromatic rings. The molecule has 5 heteroatoms. The molecule has 0 unspecified atom stereocenters. The lowest BCUT2D eigenvalue weighted by molar-refractivity contribution is -0.120. The van der Waals surface area contributed by atoms with Gasteiger partial charge in [-0.2, -0.15) is 0 Å². The van der Waals surface area contributed by atoms with Gasteiger partial charge in [0.25, 0.3) is 0 Å². The van der Waals surface area contributed by atoms with Crippen LogP contribution in [0.4, 0.5) is 0 Å². The van der Waals surface area contributed by atoms with Crippen molar-refractivity contribution >= 4 is 5.91 Å². The average molecular weight is 182 g/mol. The molecule has 0 bridgehead atoms. The van der Waals surface area contributed by atoms with Gasteiger partial charge in [-0.25, -0.2) is 0 Å². The van der Waals surface area contributed by atoms with Crippen LogP contribution in [0.3, 0.4) is 0 Å². The molecule has 0 heterocycles. The van der Waals surface area contributed by atoms with Crippen molar-refractivity contribution in [1.82, 2.24) is 5.32 Å². The van der Waals surface area contributed by atoms with E-state index in [1.54, 1.807) is 0 Å². The van der Waals surface area contributed by atoms with Crippen molar-refractivity contribution in [3.63, 3.8) is 0 Å². The minimum atomic E-state index is -0.0531. The minimum absolute atomic E-state index is 0.0437. The summed E-state index contributed by atoms with van der Waals surface area (Å²) in [6.45, 7) is 1.49. The second kappa shape index (κ2) is 4.72. The van der Waals surface area contributed by atoms with Gasteiger partial charge in [0.2, 0.25) is 5.91 Å². The van der Waals surface area contributed by atoms with Crippen LogP contribution in [0.25, 0.3) is 10.4 Å². The molecular formula is C8H14N4O. The SMILES string of the molecule is CC(=O)N[C@H]1CCCC[C@H]1N=[N+]=[N-].